The van der Waals surface area contributed by atoms with Gasteiger partial charge in [-0.05, 0) is 43.7 Å². The molecule has 29 heavy (non-hydrogen) atoms. The molecule has 1 aromatic heterocycles. The quantitative estimate of drug-likeness (QED) is 0.761. The van der Waals surface area contributed by atoms with Crippen LogP contribution in [0.25, 0.3) is 10.2 Å². The summed E-state index contributed by atoms with van der Waals surface area (Å²) in [6.45, 7) is 3.53. The van der Waals surface area contributed by atoms with Crippen LogP contribution >= 0.6 is 11.3 Å². The predicted octanol–water partition coefficient (Wildman–Crippen LogP) is 2.86. The summed E-state index contributed by atoms with van der Waals surface area (Å²) in [5, 5.41) is 4.23. The Labute approximate surface area is 175 Å². The number of urea groups is 1. The predicted molar refractivity (Wildman–Crippen MR) is 113 cm³/mol. The molecule has 1 saturated carbocycles. The highest BCUT2D eigenvalue weighted by molar-refractivity contribution is 7.18. The molecule has 1 unspecified atom stereocenters. The summed E-state index contributed by atoms with van der Waals surface area (Å²) in [5.41, 5.74) is 0.373. The number of para-hydroxylation sites is 1. The van der Waals surface area contributed by atoms with Gasteiger partial charge in [0.2, 0.25) is 0 Å². The van der Waals surface area contributed by atoms with Crippen LogP contribution in [0.5, 0.6) is 0 Å². The number of amides is 3. The van der Waals surface area contributed by atoms with Gasteiger partial charge in [-0.25, -0.2) is 14.7 Å². The van der Waals surface area contributed by atoms with Crippen LogP contribution in [0.3, 0.4) is 0 Å². The van der Waals surface area contributed by atoms with E-state index in [1.807, 2.05) is 12.1 Å². The van der Waals surface area contributed by atoms with Gasteiger partial charge in [-0.2, -0.15) is 0 Å². The maximum absolute atomic E-state index is 13.4. The molecule has 2 aliphatic heterocycles. The van der Waals surface area contributed by atoms with Gasteiger partial charge in [-0.1, -0.05) is 31.9 Å². The summed E-state index contributed by atoms with van der Waals surface area (Å²) in [7, 11) is 0. The van der Waals surface area contributed by atoms with Crippen molar-refractivity contribution in [3.8, 4) is 0 Å². The van der Waals surface area contributed by atoms with Crippen molar-refractivity contribution in [1.82, 2.24) is 15.2 Å². The average molecular weight is 414 g/mol. The zero-order valence-corrected chi connectivity index (χ0v) is 17.8. The van der Waals surface area contributed by atoms with Crippen LogP contribution in [0, 0.1) is 5.92 Å². The van der Waals surface area contributed by atoms with Crippen LogP contribution in [0.1, 0.15) is 62.9 Å². The number of aromatic nitrogens is 1. The second kappa shape index (κ2) is 7.36. The molecule has 3 heterocycles. The van der Waals surface area contributed by atoms with Crippen molar-refractivity contribution in [3.63, 3.8) is 0 Å². The number of hydrogen-bond acceptors (Lipinski definition) is 4. The molecule has 2 N–H and O–H groups in total. The number of hydrogen-bond donors (Lipinski definition) is 2. The number of imide groups is 1. The zero-order chi connectivity index (χ0) is 20.0. The van der Waals surface area contributed by atoms with E-state index in [0.717, 1.165) is 55.6 Å². The minimum Gasteiger partial charge on any atom is -0.323 e. The highest BCUT2D eigenvalue weighted by Crippen LogP contribution is 2.38. The van der Waals surface area contributed by atoms with E-state index in [0.29, 0.717) is 6.67 Å². The Morgan fingerprint density at radius 1 is 1.21 bits per heavy atom. The molecule has 3 fully saturated rings. The molecule has 2 saturated heterocycles. The van der Waals surface area contributed by atoms with Crippen LogP contribution in [0.15, 0.2) is 24.3 Å². The number of carbonyl (C=O) groups is 2. The largest absolute Gasteiger partial charge is 0.329 e. The smallest absolute Gasteiger partial charge is 0.323 e. The summed E-state index contributed by atoms with van der Waals surface area (Å²) in [6, 6.07) is 8.30. The average Bonchev–Trinajstić information content (AvgIpc) is 3.26. The molecular formula is C22H29N4O2S+. The number of carbonyl (C=O) groups excluding carboxylic acids is 2. The Kier molecular flexibility index (Phi) is 4.82. The third kappa shape index (κ3) is 3.15. The number of rotatable bonds is 3. The molecule has 1 aliphatic carbocycles. The van der Waals surface area contributed by atoms with Crippen molar-refractivity contribution in [2.24, 2.45) is 5.92 Å². The van der Waals surface area contributed by atoms with Crippen LogP contribution in [0.4, 0.5) is 4.79 Å². The Bertz CT molecular complexity index is 911. The lowest BCUT2D eigenvalue weighted by atomic mass is 9.73. The zero-order valence-electron chi connectivity index (χ0n) is 16.9. The fraction of sp³-hybridized carbons (Fsp3) is 0.591. The van der Waals surface area contributed by atoms with E-state index in [1.165, 1.54) is 20.9 Å². The van der Waals surface area contributed by atoms with Gasteiger partial charge in [0.05, 0.1) is 16.8 Å². The standard InChI is InChI=1S/C22H28N4O2S/c1-15-8-4-6-12-22(15)20(27)26(21(28)24-22)14-25-13-7-5-10-17(25)19-23-16-9-2-3-11-18(16)29-19/h2-3,9,11,15,17H,4-8,10,12-14H2,1H3,(H,24,28)/p+1/t15-,17-,22-/m1/s1. The van der Waals surface area contributed by atoms with E-state index >= 15 is 0 Å². The molecule has 6 nitrogen and oxygen atoms in total. The number of quaternary nitrogens is 1. The molecule has 2 aromatic rings. The van der Waals surface area contributed by atoms with Gasteiger partial charge in [-0.15, -0.1) is 11.3 Å². The van der Waals surface area contributed by atoms with Gasteiger partial charge in [0.15, 0.2) is 11.7 Å². The van der Waals surface area contributed by atoms with Gasteiger partial charge >= 0.3 is 6.03 Å². The third-order valence-electron chi connectivity index (χ3n) is 7.20. The number of piperidine rings is 1. The molecule has 0 radical (unpaired) electrons. The molecule has 1 spiro atoms. The lowest BCUT2D eigenvalue weighted by Crippen LogP contribution is -3.14. The number of nitrogens with one attached hydrogen (secondary N) is 2. The Morgan fingerprint density at radius 2 is 2.03 bits per heavy atom. The molecule has 5 rings (SSSR count). The van der Waals surface area contributed by atoms with E-state index in [9.17, 15) is 9.59 Å². The summed E-state index contributed by atoms with van der Waals surface area (Å²) >= 11 is 1.75. The van der Waals surface area contributed by atoms with E-state index < -0.39 is 5.54 Å². The van der Waals surface area contributed by atoms with Crippen molar-refractivity contribution in [2.45, 2.75) is 63.5 Å². The second-order valence-electron chi connectivity index (χ2n) is 8.92. The number of fused-ring (bicyclic) bond motifs is 1. The topological polar surface area (TPSA) is 66.7 Å². The SMILES string of the molecule is C[C@@H]1CCCC[C@@]12NC(=O)N(C[NH+]1CCCC[C@@H]1c1nc3ccccc3s1)C2=O. The maximum Gasteiger partial charge on any atom is 0.329 e. The maximum atomic E-state index is 13.4. The second-order valence-corrected chi connectivity index (χ2v) is 9.98. The Hall–Kier alpha value is -1.99. The minimum absolute atomic E-state index is 0.00387. The van der Waals surface area contributed by atoms with Gasteiger partial charge < -0.3 is 10.2 Å². The van der Waals surface area contributed by atoms with Gasteiger partial charge in [-0.3, -0.25) is 4.79 Å². The van der Waals surface area contributed by atoms with Crippen molar-refractivity contribution >= 4 is 33.5 Å². The Morgan fingerprint density at radius 3 is 2.86 bits per heavy atom. The van der Waals surface area contributed by atoms with E-state index in [2.05, 4.69) is 24.4 Å². The minimum atomic E-state index is -0.671. The van der Waals surface area contributed by atoms with Gasteiger partial charge in [0.25, 0.3) is 5.91 Å². The first-order valence-corrected chi connectivity index (χ1v) is 11.7. The highest BCUT2D eigenvalue weighted by atomic mass is 32.1. The highest BCUT2D eigenvalue weighted by Gasteiger charge is 2.56. The number of benzene rings is 1. The molecule has 7 heteroatoms. The molecule has 4 atom stereocenters. The molecule has 3 aliphatic rings. The number of likely N-dealkylation sites (tertiary alicyclic amines) is 1. The number of nitrogens with zero attached hydrogens (tertiary/aromatic N) is 2. The summed E-state index contributed by atoms with van der Waals surface area (Å²) in [5.74, 6) is 0.199. The summed E-state index contributed by atoms with van der Waals surface area (Å²) < 4.78 is 1.21. The fourth-order valence-corrected chi connectivity index (χ4v) is 6.61. The number of thiazole rings is 1. The summed E-state index contributed by atoms with van der Waals surface area (Å²) in [6.07, 6.45) is 7.28. The van der Waals surface area contributed by atoms with Crippen molar-refractivity contribution in [2.75, 3.05) is 13.2 Å². The first kappa shape index (κ1) is 19.0. The fourth-order valence-electron chi connectivity index (χ4n) is 5.45. The van der Waals surface area contributed by atoms with Crippen LogP contribution in [-0.4, -0.2) is 40.6 Å². The molecular weight excluding hydrogens is 384 g/mol. The van der Waals surface area contributed by atoms with E-state index in [-0.39, 0.29) is 23.9 Å². The van der Waals surface area contributed by atoms with Crippen molar-refractivity contribution in [1.29, 1.82) is 0 Å². The molecule has 1 aromatic carbocycles. The monoisotopic (exact) mass is 413 g/mol. The summed E-state index contributed by atoms with van der Waals surface area (Å²) in [4.78, 5) is 33.9. The van der Waals surface area contributed by atoms with Gasteiger partial charge in [0.1, 0.15) is 11.6 Å². The lowest BCUT2D eigenvalue weighted by molar-refractivity contribution is -0.943. The van der Waals surface area contributed by atoms with E-state index in [1.54, 1.807) is 11.3 Å². The first-order valence-electron chi connectivity index (χ1n) is 10.9. The van der Waals surface area contributed by atoms with Crippen LogP contribution in [-0.2, 0) is 4.79 Å². The third-order valence-corrected chi connectivity index (χ3v) is 8.35. The van der Waals surface area contributed by atoms with E-state index in [4.69, 9.17) is 4.98 Å². The lowest BCUT2D eigenvalue weighted by Gasteiger charge is -2.37. The van der Waals surface area contributed by atoms with Crippen LogP contribution in [0.2, 0.25) is 0 Å². The first-order chi connectivity index (χ1) is 14.1. The van der Waals surface area contributed by atoms with Crippen LogP contribution < -0.4 is 10.2 Å². The normalized spacial score (nSPS) is 32.9. The Balaban J connectivity index is 1.39. The molecule has 154 valence electrons. The van der Waals surface area contributed by atoms with Crippen molar-refractivity contribution < 1.29 is 14.5 Å². The van der Waals surface area contributed by atoms with Crippen molar-refractivity contribution in [3.05, 3.63) is 29.3 Å². The molecule has 0 bridgehead atoms. The molecule has 3 amide bonds. The van der Waals surface area contributed by atoms with Gasteiger partial charge in [0, 0.05) is 6.42 Å².